The van der Waals surface area contributed by atoms with E-state index in [1.165, 1.54) is 17.1 Å². The molecule has 3 nitrogen and oxygen atoms in total. The quantitative estimate of drug-likeness (QED) is 0.573. The van der Waals surface area contributed by atoms with Gasteiger partial charge in [0, 0.05) is 36.4 Å². The lowest BCUT2D eigenvalue weighted by Gasteiger charge is -2.38. The molecule has 0 N–H and O–H groups in total. The molecule has 5 heteroatoms. The lowest BCUT2D eigenvalue weighted by atomic mass is 10.2. The van der Waals surface area contributed by atoms with Crippen molar-refractivity contribution in [2.75, 3.05) is 28.7 Å². The van der Waals surface area contributed by atoms with Crippen molar-refractivity contribution in [3.05, 3.63) is 90.8 Å². The van der Waals surface area contributed by atoms with E-state index in [9.17, 15) is 0 Å². The zero-order valence-electron chi connectivity index (χ0n) is 14.6. The summed E-state index contributed by atoms with van der Waals surface area (Å²) in [4.78, 5) is 9.79. The second-order valence-electron chi connectivity index (χ2n) is 6.27. The minimum atomic E-state index is 0.331. The molecule has 2 heterocycles. The Hall–Kier alpha value is -1.95. The van der Waals surface area contributed by atoms with E-state index in [2.05, 4.69) is 82.6 Å². The number of pyridine rings is 1. The number of hydrogen-bond acceptors (Lipinski definition) is 3. The molecular weight excluding hydrogens is 356 g/mol. The first-order chi connectivity index (χ1) is 12.9. The van der Waals surface area contributed by atoms with Crippen LogP contribution >= 0.6 is 17.2 Å². The van der Waals surface area contributed by atoms with Crippen LogP contribution in [-0.4, -0.2) is 23.8 Å². The molecule has 3 aromatic rings. The Morgan fingerprint density at radius 3 is 2.12 bits per heavy atom. The molecule has 1 aromatic heterocycles. The first-order valence-corrected chi connectivity index (χ1v) is 11.6. The number of hydrogen-bond donors (Lipinski definition) is 0. The molecule has 0 radical (unpaired) electrons. The second kappa shape index (κ2) is 8.62. The van der Waals surface area contributed by atoms with Crippen LogP contribution in [0.15, 0.2) is 85.1 Å². The fourth-order valence-electron chi connectivity index (χ4n) is 3.24. The maximum atomic E-state index is 4.70. The van der Waals surface area contributed by atoms with Crippen molar-refractivity contribution < 1.29 is 0 Å². The van der Waals surface area contributed by atoms with Gasteiger partial charge < -0.3 is 9.80 Å². The van der Waals surface area contributed by atoms with E-state index >= 15 is 0 Å². The molecule has 0 bridgehead atoms. The molecule has 2 aromatic carbocycles. The Bertz CT molecular complexity index is 799. The Morgan fingerprint density at radius 2 is 1.42 bits per heavy atom. The molecule has 1 aliphatic rings. The summed E-state index contributed by atoms with van der Waals surface area (Å²) in [5.41, 5.74) is 3.81. The zero-order chi connectivity index (χ0) is 17.6. The molecule has 26 heavy (non-hydrogen) atoms. The average molecular weight is 379 g/mol. The van der Waals surface area contributed by atoms with Gasteiger partial charge in [0.15, 0.2) is 0 Å². The second-order valence-corrected chi connectivity index (χ2v) is 8.67. The van der Waals surface area contributed by atoms with Gasteiger partial charge in [-0.15, -0.1) is 0 Å². The molecule has 1 saturated heterocycles. The summed E-state index contributed by atoms with van der Waals surface area (Å²) in [5.74, 6) is 0.331. The molecule has 1 fully saturated rings. The number of anilines is 2. The van der Waals surface area contributed by atoms with Gasteiger partial charge in [-0.3, -0.25) is 4.98 Å². The van der Waals surface area contributed by atoms with Gasteiger partial charge in [0.05, 0.1) is 11.5 Å². The van der Waals surface area contributed by atoms with Gasteiger partial charge in [0.25, 0.3) is 0 Å². The van der Waals surface area contributed by atoms with Crippen LogP contribution in [0.4, 0.5) is 11.4 Å². The average Bonchev–Trinajstić information content (AvgIpc) is 2.70. The maximum absolute atomic E-state index is 4.70. The van der Waals surface area contributed by atoms with E-state index in [1.54, 1.807) is 0 Å². The van der Waals surface area contributed by atoms with Crippen molar-refractivity contribution in [2.45, 2.75) is 5.78 Å². The highest BCUT2D eigenvalue weighted by molar-refractivity contribution is 7.41. The summed E-state index contributed by atoms with van der Waals surface area (Å²) in [7, 11) is 1.63. The van der Waals surface area contributed by atoms with E-state index in [0.29, 0.717) is 5.78 Å². The Balaban J connectivity index is 1.62. The van der Waals surface area contributed by atoms with Crippen molar-refractivity contribution in [3.8, 4) is 0 Å². The van der Waals surface area contributed by atoms with E-state index in [1.807, 2.05) is 12.3 Å². The van der Waals surface area contributed by atoms with Gasteiger partial charge in [0.1, 0.15) is 0 Å². The van der Waals surface area contributed by atoms with Crippen LogP contribution in [0.3, 0.4) is 0 Å². The predicted octanol–water partition coefficient (Wildman–Crippen LogP) is 5.34. The third-order valence-electron chi connectivity index (χ3n) is 4.55. The van der Waals surface area contributed by atoms with Crippen molar-refractivity contribution in [2.24, 2.45) is 0 Å². The molecule has 0 aliphatic carbocycles. The Kier molecular flexibility index (Phi) is 5.79. The van der Waals surface area contributed by atoms with Crippen molar-refractivity contribution in [1.29, 1.82) is 0 Å². The van der Waals surface area contributed by atoms with Crippen molar-refractivity contribution in [1.82, 2.24) is 4.98 Å². The summed E-state index contributed by atoms with van der Waals surface area (Å²) in [6.07, 6.45) is 5.18. The Morgan fingerprint density at radius 1 is 0.731 bits per heavy atom. The van der Waals surface area contributed by atoms with Gasteiger partial charge in [-0.1, -0.05) is 59.6 Å². The summed E-state index contributed by atoms with van der Waals surface area (Å²) in [6.45, 7) is 0. The third kappa shape index (κ3) is 4.06. The normalized spacial score (nSPS) is 20.1. The van der Waals surface area contributed by atoms with E-state index < -0.39 is 0 Å². The van der Waals surface area contributed by atoms with Crippen LogP contribution in [0, 0.1) is 0 Å². The first-order valence-electron chi connectivity index (χ1n) is 8.88. The fraction of sp³-hybridized carbons (Fsp3) is 0.190. The van der Waals surface area contributed by atoms with Crippen LogP contribution in [-0.2, 0) is 0 Å². The molecule has 0 saturated carbocycles. The summed E-state index contributed by atoms with van der Waals surface area (Å²) in [6, 6.07) is 27.9. The number of nitrogens with zero attached hydrogens (tertiary/aromatic N) is 3. The molecule has 0 amide bonds. The molecule has 3 unspecified atom stereocenters. The van der Waals surface area contributed by atoms with E-state index in [-0.39, 0.29) is 0 Å². The van der Waals surface area contributed by atoms with Crippen LogP contribution in [0.2, 0.25) is 0 Å². The lowest BCUT2D eigenvalue weighted by Crippen LogP contribution is -2.32. The highest BCUT2D eigenvalue weighted by Gasteiger charge is 2.25. The van der Waals surface area contributed by atoms with Crippen LogP contribution in [0.5, 0.6) is 0 Å². The maximum Gasteiger partial charge on any atom is 0.0899 e. The lowest BCUT2D eigenvalue weighted by molar-refractivity contribution is 0.827. The van der Waals surface area contributed by atoms with Crippen LogP contribution in [0.1, 0.15) is 11.5 Å². The predicted molar refractivity (Wildman–Crippen MR) is 116 cm³/mol. The zero-order valence-corrected chi connectivity index (χ0v) is 16.6. The first kappa shape index (κ1) is 17.5. The molecular formula is C21H23N3P2. The number of aromatic nitrogens is 1. The highest BCUT2D eigenvalue weighted by Crippen LogP contribution is 2.44. The summed E-state index contributed by atoms with van der Waals surface area (Å²) in [5, 5.41) is 0. The molecule has 132 valence electrons. The molecule has 0 spiro atoms. The van der Waals surface area contributed by atoms with E-state index in [0.717, 1.165) is 36.0 Å². The molecule has 4 rings (SSSR count). The van der Waals surface area contributed by atoms with Crippen molar-refractivity contribution >= 4 is 28.5 Å². The monoisotopic (exact) mass is 379 g/mol. The Labute approximate surface area is 159 Å². The fourth-order valence-corrected chi connectivity index (χ4v) is 6.45. The smallest absolute Gasteiger partial charge is 0.0899 e. The minimum absolute atomic E-state index is 0.331. The van der Waals surface area contributed by atoms with Gasteiger partial charge >= 0.3 is 0 Å². The number of para-hydroxylation sites is 2. The van der Waals surface area contributed by atoms with Gasteiger partial charge in [-0.2, -0.15) is 0 Å². The molecule has 3 atom stereocenters. The SMILES string of the molecule is c1ccc(N2CPCN(c3ccccc3)C(c3ccccn3)PC2)cc1. The van der Waals surface area contributed by atoms with E-state index in [4.69, 9.17) is 4.98 Å². The van der Waals surface area contributed by atoms with Crippen LogP contribution in [0.25, 0.3) is 0 Å². The number of rotatable bonds is 3. The highest BCUT2D eigenvalue weighted by atomic mass is 31.1. The minimum Gasteiger partial charge on any atom is -0.364 e. The van der Waals surface area contributed by atoms with Crippen molar-refractivity contribution in [3.63, 3.8) is 0 Å². The third-order valence-corrected chi connectivity index (χ3v) is 7.28. The largest absolute Gasteiger partial charge is 0.364 e. The standard InChI is InChI=1S/C21H23N3P2/c1-3-9-18(10-4-1)23-15-25-17-24(19-11-5-2-6-12-19)21(26-16-23)20-13-7-8-14-22-20/h1-14,21,25-26H,15-17H2. The summed E-state index contributed by atoms with van der Waals surface area (Å²) < 4.78 is 0. The van der Waals surface area contributed by atoms with Gasteiger partial charge in [-0.05, 0) is 36.4 Å². The topological polar surface area (TPSA) is 19.4 Å². The number of benzene rings is 2. The van der Waals surface area contributed by atoms with Gasteiger partial charge in [0.2, 0.25) is 0 Å². The van der Waals surface area contributed by atoms with Gasteiger partial charge in [-0.25, -0.2) is 0 Å². The molecule has 1 aliphatic heterocycles. The summed E-state index contributed by atoms with van der Waals surface area (Å²) >= 11 is 0. The van der Waals surface area contributed by atoms with Crippen LogP contribution < -0.4 is 9.80 Å².